The third-order valence-corrected chi connectivity index (χ3v) is 12.5. The maximum absolute atomic E-state index is 12.5. The molecule has 0 heterocycles. The molecule has 0 aromatic heterocycles. The predicted molar refractivity (Wildman–Crippen MR) is 264 cm³/mol. The molecular weight excluding hydrogens is 739 g/mol. The fraction of sp³-hybridized carbons (Fsp3) is 0.873. The Kier molecular flexibility index (Phi) is 49.0. The van der Waals surface area contributed by atoms with Gasteiger partial charge < -0.3 is 20.6 Å². The smallest absolute Gasteiger partial charge is 0.249 e. The van der Waals surface area contributed by atoms with Gasteiger partial charge in [0.1, 0.15) is 6.10 Å². The molecule has 0 aliphatic carbocycles. The van der Waals surface area contributed by atoms with Gasteiger partial charge >= 0.3 is 0 Å². The molecule has 0 spiro atoms. The summed E-state index contributed by atoms with van der Waals surface area (Å²) >= 11 is 0. The van der Waals surface area contributed by atoms with Crippen molar-refractivity contribution in [3.05, 3.63) is 36.5 Å². The fourth-order valence-electron chi connectivity index (χ4n) is 8.28. The molecule has 4 N–H and O–H groups in total. The van der Waals surface area contributed by atoms with Gasteiger partial charge in [-0.3, -0.25) is 4.79 Å². The quantitative estimate of drug-likeness (QED) is 0.0363. The average molecular weight is 844 g/mol. The minimum Gasteiger partial charge on any atom is -0.394 e. The van der Waals surface area contributed by atoms with Crippen LogP contribution in [0.5, 0.6) is 0 Å². The largest absolute Gasteiger partial charge is 0.394 e. The molecule has 3 atom stereocenters. The summed E-state index contributed by atoms with van der Waals surface area (Å²) in [4.78, 5) is 12.5. The predicted octanol–water partition coefficient (Wildman–Crippen LogP) is 16.3. The van der Waals surface area contributed by atoms with Crippen LogP contribution in [-0.4, -0.2) is 46.1 Å². The highest BCUT2D eigenvalue weighted by molar-refractivity contribution is 5.80. The van der Waals surface area contributed by atoms with Gasteiger partial charge in [-0.05, 0) is 51.4 Å². The van der Waals surface area contributed by atoms with Crippen molar-refractivity contribution in [1.82, 2.24) is 5.32 Å². The van der Waals surface area contributed by atoms with Gasteiger partial charge in [-0.25, -0.2) is 0 Å². The highest BCUT2D eigenvalue weighted by atomic mass is 16.3. The van der Waals surface area contributed by atoms with Crippen molar-refractivity contribution in [3.8, 4) is 0 Å². The van der Waals surface area contributed by atoms with E-state index in [9.17, 15) is 20.1 Å². The first-order valence-corrected chi connectivity index (χ1v) is 26.8. The summed E-state index contributed by atoms with van der Waals surface area (Å²) < 4.78 is 0. The molecule has 0 aromatic carbocycles. The highest BCUT2D eigenvalue weighted by Gasteiger charge is 2.22. The third-order valence-electron chi connectivity index (χ3n) is 12.5. The second kappa shape index (κ2) is 50.2. The lowest BCUT2D eigenvalue weighted by Gasteiger charge is -2.21. The van der Waals surface area contributed by atoms with Crippen LogP contribution < -0.4 is 5.32 Å². The van der Waals surface area contributed by atoms with Gasteiger partial charge in [0.05, 0.1) is 18.8 Å². The zero-order chi connectivity index (χ0) is 43.7. The number of unbranched alkanes of at least 4 members (excludes halogenated alkanes) is 37. The summed E-state index contributed by atoms with van der Waals surface area (Å²) in [7, 11) is 0. The standard InChI is InChI=1S/C55H105NO4/c1-3-5-7-9-11-13-15-17-18-19-20-21-22-23-24-25-26-27-28-29-30-31-32-33-34-35-36-37-38-40-42-44-46-48-50-54(59)55(60)56-52(51-57)53(58)49-47-45-43-41-39-16-14-12-10-8-6-4-2/h22-23,25-26,47,49,52-54,57-59H,3-21,24,27-46,48,50-51H2,1-2H3,(H,56,60)/b23-22-,26-25-,49-47+. The first-order chi connectivity index (χ1) is 29.6. The summed E-state index contributed by atoms with van der Waals surface area (Å²) in [5, 5.41) is 33.2. The van der Waals surface area contributed by atoms with Crippen LogP contribution in [0.2, 0.25) is 0 Å². The van der Waals surface area contributed by atoms with Crippen LogP contribution in [0.4, 0.5) is 0 Å². The molecule has 354 valence electrons. The molecule has 0 bridgehead atoms. The lowest BCUT2D eigenvalue weighted by molar-refractivity contribution is -0.131. The third kappa shape index (κ3) is 44.6. The van der Waals surface area contributed by atoms with E-state index >= 15 is 0 Å². The van der Waals surface area contributed by atoms with Gasteiger partial charge in [0.2, 0.25) is 5.91 Å². The van der Waals surface area contributed by atoms with E-state index in [1.165, 1.54) is 225 Å². The number of carbonyl (C=O) groups excluding carboxylic acids is 1. The second-order valence-electron chi connectivity index (χ2n) is 18.4. The van der Waals surface area contributed by atoms with Gasteiger partial charge in [0.25, 0.3) is 0 Å². The van der Waals surface area contributed by atoms with E-state index in [1.807, 2.05) is 6.08 Å². The van der Waals surface area contributed by atoms with Crippen molar-refractivity contribution in [2.45, 2.75) is 302 Å². The van der Waals surface area contributed by atoms with Crippen LogP contribution in [0.25, 0.3) is 0 Å². The highest BCUT2D eigenvalue weighted by Crippen LogP contribution is 2.17. The van der Waals surface area contributed by atoms with Gasteiger partial charge in [0.15, 0.2) is 0 Å². The summed E-state index contributed by atoms with van der Waals surface area (Å²) in [5.74, 6) is -0.502. The van der Waals surface area contributed by atoms with Gasteiger partial charge in [0, 0.05) is 0 Å². The molecule has 0 saturated carbocycles. The van der Waals surface area contributed by atoms with Crippen LogP contribution in [0.15, 0.2) is 36.5 Å². The van der Waals surface area contributed by atoms with E-state index in [-0.39, 0.29) is 6.61 Å². The Bertz CT molecular complexity index is 931. The van der Waals surface area contributed by atoms with Crippen molar-refractivity contribution < 1.29 is 20.1 Å². The molecular formula is C55H105NO4. The van der Waals surface area contributed by atoms with Gasteiger partial charge in [-0.15, -0.1) is 0 Å². The molecule has 0 rings (SSSR count). The first kappa shape index (κ1) is 58.6. The summed E-state index contributed by atoms with van der Waals surface area (Å²) in [6, 6.07) is -0.796. The van der Waals surface area contributed by atoms with E-state index in [2.05, 4.69) is 43.5 Å². The van der Waals surface area contributed by atoms with Crippen molar-refractivity contribution in [2.75, 3.05) is 6.61 Å². The number of rotatable bonds is 49. The maximum atomic E-state index is 12.5. The van der Waals surface area contributed by atoms with Gasteiger partial charge in [-0.2, -0.15) is 0 Å². The van der Waals surface area contributed by atoms with Crippen LogP contribution in [-0.2, 0) is 4.79 Å². The Balaban J connectivity index is 3.50. The molecule has 0 aromatic rings. The summed E-state index contributed by atoms with van der Waals surface area (Å²) in [5.41, 5.74) is 0. The topological polar surface area (TPSA) is 89.8 Å². The van der Waals surface area contributed by atoms with Crippen molar-refractivity contribution in [3.63, 3.8) is 0 Å². The molecule has 0 radical (unpaired) electrons. The van der Waals surface area contributed by atoms with E-state index in [1.54, 1.807) is 6.08 Å². The molecule has 60 heavy (non-hydrogen) atoms. The fourth-order valence-corrected chi connectivity index (χ4v) is 8.28. The van der Waals surface area contributed by atoms with Crippen LogP contribution in [0.3, 0.4) is 0 Å². The summed E-state index contributed by atoms with van der Waals surface area (Å²) in [6.45, 7) is 4.19. The Labute approximate surface area is 374 Å². The molecule has 0 aliphatic heterocycles. The van der Waals surface area contributed by atoms with Crippen LogP contribution >= 0.6 is 0 Å². The van der Waals surface area contributed by atoms with Gasteiger partial charge in [-0.1, -0.05) is 269 Å². The molecule has 1 amide bonds. The minimum atomic E-state index is -1.10. The number of carbonyl (C=O) groups is 1. The Morgan fingerprint density at radius 3 is 1.05 bits per heavy atom. The number of hydrogen-bond acceptors (Lipinski definition) is 4. The van der Waals surface area contributed by atoms with E-state index < -0.39 is 24.2 Å². The van der Waals surface area contributed by atoms with E-state index in [4.69, 9.17) is 0 Å². The second-order valence-corrected chi connectivity index (χ2v) is 18.4. The zero-order valence-corrected chi connectivity index (χ0v) is 40.4. The van der Waals surface area contributed by atoms with Crippen molar-refractivity contribution in [1.29, 1.82) is 0 Å². The summed E-state index contributed by atoms with van der Waals surface area (Å²) in [6.07, 6.45) is 65.1. The van der Waals surface area contributed by atoms with Crippen molar-refractivity contribution >= 4 is 5.91 Å². The number of amides is 1. The van der Waals surface area contributed by atoms with Crippen molar-refractivity contribution in [2.24, 2.45) is 0 Å². The average Bonchev–Trinajstić information content (AvgIpc) is 3.25. The molecule has 0 fully saturated rings. The Morgan fingerprint density at radius 2 is 0.717 bits per heavy atom. The van der Waals surface area contributed by atoms with E-state index in [0.717, 1.165) is 38.5 Å². The lowest BCUT2D eigenvalue weighted by Crippen LogP contribution is -2.48. The van der Waals surface area contributed by atoms with Crippen LogP contribution in [0.1, 0.15) is 284 Å². The molecule has 3 unspecified atom stereocenters. The first-order valence-electron chi connectivity index (χ1n) is 26.8. The monoisotopic (exact) mass is 844 g/mol. The number of allylic oxidation sites excluding steroid dienone is 5. The minimum absolute atomic E-state index is 0.362. The SMILES string of the molecule is CCCCCCCCCCCC/C=C/C(O)C(CO)NC(=O)C(O)CCCCCCCCCCCCCCCCCC/C=C\C/C=C\CCCCCCCCCCCCC. The molecule has 0 saturated heterocycles. The number of hydrogen-bond donors (Lipinski definition) is 4. The molecule has 5 nitrogen and oxygen atoms in total. The number of aliphatic hydroxyl groups excluding tert-OH is 3. The van der Waals surface area contributed by atoms with Crippen LogP contribution in [0, 0.1) is 0 Å². The Hall–Kier alpha value is -1.43. The maximum Gasteiger partial charge on any atom is 0.249 e. The zero-order valence-electron chi connectivity index (χ0n) is 40.4. The normalized spacial score (nSPS) is 13.6. The molecule has 5 heteroatoms. The number of aliphatic hydroxyl groups is 3. The molecule has 0 aliphatic rings. The van der Waals surface area contributed by atoms with E-state index in [0.29, 0.717) is 6.42 Å². The lowest BCUT2D eigenvalue weighted by atomic mass is 10.0. The Morgan fingerprint density at radius 1 is 0.417 bits per heavy atom. The number of nitrogens with one attached hydrogen (secondary N) is 1.